The zero-order valence-electron chi connectivity index (χ0n) is 18.8. The predicted octanol–water partition coefficient (Wildman–Crippen LogP) is 5.70. The number of nitrogens with zero attached hydrogens (tertiary/aromatic N) is 3. The Balaban J connectivity index is 1.41. The quantitative estimate of drug-likeness (QED) is 0.329. The summed E-state index contributed by atoms with van der Waals surface area (Å²) < 4.78 is 1.18. The van der Waals surface area contributed by atoms with Gasteiger partial charge in [0.2, 0.25) is 5.95 Å². The number of aryl methyl sites for hydroxylation is 1. The number of fused-ring (bicyclic) bond motifs is 1. The molecule has 0 aliphatic heterocycles. The highest BCUT2D eigenvalue weighted by atomic mass is 32.1. The first-order chi connectivity index (χ1) is 16.1. The van der Waals surface area contributed by atoms with Crippen LogP contribution in [0.15, 0.2) is 54.6 Å². The van der Waals surface area contributed by atoms with Crippen LogP contribution in [-0.4, -0.2) is 32.2 Å². The van der Waals surface area contributed by atoms with E-state index in [9.17, 15) is 5.11 Å². The molecular weight excluding hydrogens is 430 g/mol. The first-order valence-corrected chi connectivity index (χ1v) is 12.5. The van der Waals surface area contributed by atoms with Gasteiger partial charge in [0.15, 0.2) is 5.13 Å². The molecule has 0 radical (unpaired) electrons. The van der Waals surface area contributed by atoms with E-state index in [1.54, 1.807) is 11.3 Å². The zero-order valence-corrected chi connectivity index (χ0v) is 19.6. The average molecular weight is 460 g/mol. The summed E-state index contributed by atoms with van der Waals surface area (Å²) in [7, 11) is 0. The molecule has 1 aliphatic carbocycles. The van der Waals surface area contributed by atoms with Crippen molar-refractivity contribution in [1.82, 2.24) is 15.0 Å². The minimum Gasteiger partial charge on any atom is -0.393 e. The Morgan fingerprint density at radius 2 is 1.76 bits per heavy atom. The van der Waals surface area contributed by atoms with Gasteiger partial charge >= 0.3 is 0 Å². The Morgan fingerprint density at radius 3 is 2.55 bits per heavy atom. The lowest BCUT2D eigenvalue weighted by atomic mass is 9.93. The van der Waals surface area contributed by atoms with Crippen LogP contribution in [0.25, 0.3) is 10.2 Å². The molecule has 4 aromatic rings. The largest absolute Gasteiger partial charge is 0.393 e. The van der Waals surface area contributed by atoms with Crippen LogP contribution in [0.5, 0.6) is 0 Å². The summed E-state index contributed by atoms with van der Waals surface area (Å²) in [4.78, 5) is 14.3. The van der Waals surface area contributed by atoms with Gasteiger partial charge in [0, 0.05) is 18.5 Å². The smallest absolute Gasteiger partial charge is 0.225 e. The zero-order chi connectivity index (χ0) is 22.6. The molecule has 1 aliphatic rings. The average Bonchev–Trinajstić information content (AvgIpc) is 3.22. The highest BCUT2D eigenvalue weighted by molar-refractivity contribution is 7.22. The second-order valence-electron chi connectivity index (χ2n) is 8.68. The molecule has 5 rings (SSSR count). The van der Waals surface area contributed by atoms with Gasteiger partial charge in [-0.05, 0) is 55.4 Å². The topological polar surface area (TPSA) is 83.0 Å². The highest BCUT2D eigenvalue weighted by Gasteiger charge is 2.20. The number of aliphatic hydroxyl groups excluding tert-OH is 1. The van der Waals surface area contributed by atoms with Crippen LogP contribution in [0.2, 0.25) is 0 Å². The normalized spacial score (nSPS) is 18.4. The number of anilines is 3. The number of rotatable bonds is 7. The lowest BCUT2D eigenvalue weighted by Gasteiger charge is -2.26. The minimum atomic E-state index is -0.183. The van der Waals surface area contributed by atoms with E-state index in [0.717, 1.165) is 60.7 Å². The molecule has 2 aromatic heterocycles. The summed E-state index contributed by atoms with van der Waals surface area (Å²) in [5.41, 5.74) is 4.47. The number of benzene rings is 2. The molecule has 0 bridgehead atoms. The maximum atomic E-state index is 9.83. The third kappa shape index (κ3) is 5.49. The van der Waals surface area contributed by atoms with Crippen LogP contribution in [0.1, 0.15) is 49.4 Å². The van der Waals surface area contributed by atoms with E-state index >= 15 is 0 Å². The molecule has 33 heavy (non-hydrogen) atoms. The molecule has 2 heterocycles. The van der Waals surface area contributed by atoms with Crippen molar-refractivity contribution in [2.45, 2.75) is 57.6 Å². The van der Waals surface area contributed by atoms with E-state index in [0.29, 0.717) is 5.95 Å². The molecule has 0 amide bonds. The van der Waals surface area contributed by atoms with Gasteiger partial charge in [-0.25, -0.2) is 9.97 Å². The summed E-state index contributed by atoms with van der Waals surface area (Å²) in [6, 6.07) is 19.1. The van der Waals surface area contributed by atoms with Crippen molar-refractivity contribution < 1.29 is 5.11 Å². The van der Waals surface area contributed by atoms with Crippen molar-refractivity contribution in [1.29, 1.82) is 0 Å². The van der Waals surface area contributed by atoms with Gasteiger partial charge < -0.3 is 15.7 Å². The van der Waals surface area contributed by atoms with Gasteiger partial charge in [0.1, 0.15) is 5.82 Å². The first kappa shape index (κ1) is 21.8. The molecule has 3 N–H and O–H groups in total. The fourth-order valence-corrected chi connectivity index (χ4v) is 5.21. The maximum Gasteiger partial charge on any atom is 0.225 e. The molecule has 1 saturated carbocycles. The molecule has 0 atom stereocenters. The van der Waals surface area contributed by atoms with E-state index in [-0.39, 0.29) is 12.1 Å². The monoisotopic (exact) mass is 459 g/mol. The van der Waals surface area contributed by atoms with Crippen molar-refractivity contribution in [2.75, 3.05) is 10.6 Å². The summed E-state index contributed by atoms with van der Waals surface area (Å²) >= 11 is 1.64. The molecule has 0 unspecified atom stereocenters. The fraction of sp³-hybridized carbons (Fsp3) is 0.346. The van der Waals surface area contributed by atoms with E-state index in [1.807, 2.05) is 24.3 Å². The molecule has 7 heteroatoms. The standard InChI is InChI=1S/C26H29N5OS/c1-2-17-8-13-22-23(15-17)33-26(29-22)31-24-16-20(14-18-6-4-3-5-7-18)28-25(30-24)27-19-9-11-21(32)12-10-19/h3-8,13,15-16,19,21,32H,2,9-12,14H2,1H3,(H2,27,28,29,30,31). The first-order valence-electron chi connectivity index (χ1n) is 11.7. The Labute approximate surface area is 198 Å². The van der Waals surface area contributed by atoms with Crippen LogP contribution in [0, 0.1) is 0 Å². The van der Waals surface area contributed by atoms with Crippen LogP contribution >= 0.6 is 11.3 Å². The van der Waals surface area contributed by atoms with Crippen LogP contribution in [0.3, 0.4) is 0 Å². The van der Waals surface area contributed by atoms with Gasteiger partial charge in [0.05, 0.1) is 22.0 Å². The summed E-state index contributed by atoms with van der Waals surface area (Å²) in [5, 5.41) is 17.6. The highest BCUT2D eigenvalue weighted by Crippen LogP contribution is 2.30. The Morgan fingerprint density at radius 1 is 0.939 bits per heavy atom. The van der Waals surface area contributed by atoms with Crippen molar-refractivity contribution in [2.24, 2.45) is 0 Å². The fourth-order valence-electron chi connectivity index (χ4n) is 4.28. The van der Waals surface area contributed by atoms with Crippen LogP contribution < -0.4 is 10.6 Å². The second kappa shape index (κ2) is 9.85. The van der Waals surface area contributed by atoms with Gasteiger partial charge in [-0.2, -0.15) is 4.98 Å². The number of aliphatic hydroxyl groups is 1. The van der Waals surface area contributed by atoms with Gasteiger partial charge in [-0.15, -0.1) is 0 Å². The summed E-state index contributed by atoms with van der Waals surface area (Å²) in [5.74, 6) is 1.37. The van der Waals surface area contributed by atoms with Crippen molar-refractivity contribution in [3.8, 4) is 0 Å². The number of thiazole rings is 1. The van der Waals surface area contributed by atoms with Crippen molar-refractivity contribution in [3.63, 3.8) is 0 Å². The molecular formula is C26H29N5OS. The minimum absolute atomic E-state index is 0.183. The Hall–Kier alpha value is -3.03. The van der Waals surface area contributed by atoms with E-state index < -0.39 is 0 Å². The Bertz CT molecular complexity index is 1220. The Kier molecular flexibility index (Phi) is 6.51. The van der Waals surface area contributed by atoms with Gasteiger partial charge in [-0.3, -0.25) is 0 Å². The molecule has 2 aromatic carbocycles. The van der Waals surface area contributed by atoms with E-state index in [1.165, 1.54) is 15.8 Å². The van der Waals surface area contributed by atoms with Crippen molar-refractivity contribution >= 4 is 38.5 Å². The lowest BCUT2D eigenvalue weighted by molar-refractivity contribution is 0.126. The molecule has 0 spiro atoms. The summed E-state index contributed by atoms with van der Waals surface area (Å²) in [6.07, 6.45) is 5.05. The predicted molar refractivity (Wildman–Crippen MR) is 135 cm³/mol. The molecule has 6 nitrogen and oxygen atoms in total. The number of aromatic nitrogens is 3. The number of nitrogens with one attached hydrogen (secondary N) is 2. The molecule has 1 fully saturated rings. The molecule has 170 valence electrons. The molecule has 0 saturated heterocycles. The number of hydrogen-bond donors (Lipinski definition) is 3. The third-order valence-corrected chi connectivity index (χ3v) is 7.07. The number of hydrogen-bond acceptors (Lipinski definition) is 7. The second-order valence-corrected chi connectivity index (χ2v) is 9.71. The van der Waals surface area contributed by atoms with Crippen molar-refractivity contribution in [3.05, 3.63) is 71.4 Å². The van der Waals surface area contributed by atoms with E-state index in [4.69, 9.17) is 15.0 Å². The van der Waals surface area contributed by atoms with Gasteiger partial charge in [-0.1, -0.05) is 54.7 Å². The lowest BCUT2D eigenvalue weighted by Crippen LogP contribution is -2.29. The maximum absolute atomic E-state index is 9.83. The van der Waals surface area contributed by atoms with Crippen LogP contribution in [-0.2, 0) is 12.8 Å². The van der Waals surface area contributed by atoms with Crippen LogP contribution in [0.4, 0.5) is 16.9 Å². The van der Waals surface area contributed by atoms with E-state index in [2.05, 4.69) is 47.9 Å². The van der Waals surface area contributed by atoms with Gasteiger partial charge in [0.25, 0.3) is 0 Å². The SMILES string of the molecule is CCc1ccc2nc(Nc3cc(Cc4ccccc4)nc(NC4CCC(O)CC4)n3)sc2c1. The third-order valence-electron chi connectivity index (χ3n) is 6.13. The summed E-state index contributed by atoms with van der Waals surface area (Å²) in [6.45, 7) is 2.16.